The monoisotopic (exact) mass is 434 g/mol. The molecule has 0 bridgehead atoms. The van der Waals surface area contributed by atoms with Crippen LogP contribution < -0.4 is 15.5 Å². The molecule has 0 spiro atoms. The number of amides is 3. The molecule has 2 N–H and O–H groups in total. The van der Waals surface area contributed by atoms with E-state index in [0.717, 1.165) is 24.2 Å². The van der Waals surface area contributed by atoms with Crippen LogP contribution in [0.2, 0.25) is 5.02 Å². The van der Waals surface area contributed by atoms with Crippen LogP contribution in [0, 0.1) is 0 Å². The summed E-state index contributed by atoms with van der Waals surface area (Å²) in [5, 5.41) is 6.87. The summed E-state index contributed by atoms with van der Waals surface area (Å²) in [6.07, 6.45) is 0.887. The molecule has 154 valence electrons. The summed E-state index contributed by atoms with van der Waals surface area (Å²) in [6, 6.07) is 14.8. The molecule has 0 aliphatic carbocycles. The van der Waals surface area contributed by atoms with Crippen LogP contribution in [0.5, 0.6) is 0 Å². The van der Waals surface area contributed by atoms with Crippen molar-refractivity contribution in [3.63, 3.8) is 0 Å². The lowest BCUT2D eigenvalue weighted by Gasteiger charge is -2.37. The summed E-state index contributed by atoms with van der Waals surface area (Å²) in [6.45, 7) is 3.39. The average molecular weight is 435 g/mol. The minimum Gasteiger partial charge on any atom is -0.338 e. The second kappa shape index (κ2) is 9.48. The number of carbonyl (C=O) groups excluding carboxylic acids is 2. The van der Waals surface area contributed by atoms with Crippen molar-refractivity contribution in [2.75, 3.05) is 37.6 Å². The Morgan fingerprint density at radius 3 is 2.69 bits per heavy atom. The zero-order chi connectivity index (χ0) is 19.5. The number of benzene rings is 2. The third-order valence-corrected chi connectivity index (χ3v) is 5.46. The van der Waals surface area contributed by atoms with Crippen molar-refractivity contribution in [2.45, 2.75) is 12.5 Å². The average Bonchev–Trinajstić information content (AvgIpc) is 2.74. The van der Waals surface area contributed by atoms with Gasteiger partial charge in [-0.15, -0.1) is 12.4 Å². The number of anilines is 1. The van der Waals surface area contributed by atoms with Gasteiger partial charge in [-0.1, -0.05) is 29.8 Å². The maximum absolute atomic E-state index is 13.3. The Morgan fingerprint density at radius 1 is 1.07 bits per heavy atom. The molecule has 1 unspecified atom stereocenters. The summed E-state index contributed by atoms with van der Waals surface area (Å²) in [5.74, 6) is -0.0363. The second-order valence-electron chi connectivity index (χ2n) is 7.06. The SMILES string of the molecule is Cl.O=C1NCCCN1c1cccc(C(=O)N2CCNCC2c2cccc(Cl)c2)c1. The molecule has 0 radical (unpaired) electrons. The van der Waals surface area contributed by atoms with Gasteiger partial charge in [-0.2, -0.15) is 0 Å². The quantitative estimate of drug-likeness (QED) is 0.776. The molecule has 1 atom stereocenters. The highest BCUT2D eigenvalue weighted by Gasteiger charge is 2.29. The van der Waals surface area contributed by atoms with Crippen molar-refractivity contribution in [2.24, 2.45) is 0 Å². The molecule has 0 saturated carbocycles. The molecular weight excluding hydrogens is 411 g/mol. The zero-order valence-electron chi connectivity index (χ0n) is 15.9. The van der Waals surface area contributed by atoms with Gasteiger partial charge in [0.2, 0.25) is 0 Å². The van der Waals surface area contributed by atoms with Crippen molar-refractivity contribution in [1.29, 1.82) is 0 Å². The fourth-order valence-electron chi connectivity index (χ4n) is 3.81. The Kier molecular flexibility index (Phi) is 7.00. The number of piperazine rings is 1. The first kappa shape index (κ1) is 21.4. The lowest BCUT2D eigenvalue weighted by Crippen LogP contribution is -2.49. The van der Waals surface area contributed by atoms with Crippen molar-refractivity contribution in [3.05, 3.63) is 64.7 Å². The van der Waals surface area contributed by atoms with E-state index >= 15 is 0 Å². The normalized spacial score (nSPS) is 19.3. The molecule has 2 saturated heterocycles. The highest BCUT2D eigenvalue weighted by molar-refractivity contribution is 6.30. The predicted octanol–water partition coefficient (Wildman–Crippen LogP) is 3.47. The summed E-state index contributed by atoms with van der Waals surface area (Å²) >= 11 is 6.16. The van der Waals surface area contributed by atoms with Crippen LogP contribution >= 0.6 is 24.0 Å². The molecular formula is C21H24Cl2N4O2. The molecule has 6 nitrogen and oxygen atoms in total. The van der Waals surface area contributed by atoms with Gasteiger partial charge < -0.3 is 15.5 Å². The first-order valence-corrected chi connectivity index (χ1v) is 9.94. The summed E-state index contributed by atoms with van der Waals surface area (Å²) in [5.41, 5.74) is 2.35. The van der Waals surface area contributed by atoms with Crippen molar-refractivity contribution in [1.82, 2.24) is 15.5 Å². The number of urea groups is 1. The van der Waals surface area contributed by atoms with Gasteiger partial charge in [-0.25, -0.2) is 4.79 Å². The molecule has 8 heteroatoms. The molecule has 2 aromatic rings. The molecule has 0 aromatic heterocycles. The van der Waals surface area contributed by atoms with E-state index in [1.165, 1.54) is 0 Å². The van der Waals surface area contributed by atoms with Gasteiger partial charge in [-0.3, -0.25) is 9.69 Å². The first-order valence-electron chi connectivity index (χ1n) is 9.56. The van der Waals surface area contributed by atoms with Crippen molar-refractivity contribution < 1.29 is 9.59 Å². The third-order valence-electron chi connectivity index (χ3n) is 5.22. The Morgan fingerprint density at radius 2 is 1.90 bits per heavy atom. The van der Waals surface area contributed by atoms with Crippen LogP contribution in [0.3, 0.4) is 0 Å². The maximum Gasteiger partial charge on any atom is 0.321 e. The number of carbonyl (C=O) groups is 2. The second-order valence-corrected chi connectivity index (χ2v) is 7.50. The fourth-order valence-corrected chi connectivity index (χ4v) is 4.01. The molecule has 2 aliphatic heterocycles. The lowest BCUT2D eigenvalue weighted by atomic mass is 10.0. The van der Waals surface area contributed by atoms with E-state index in [-0.39, 0.29) is 30.4 Å². The van der Waals surface area contributed by atoms with Gasteiger partial charge in [0, 0.05) is 49.0 Å². The zero-order valence-corrected chi connectivity index (χ0v) is 17.5. The summed E-state index contributed by atoms with van der Waals surface area (Å²) in [7, 11) is 0. The van der Waals surface area contributed by atoms with E-state index in [0.29, 0.717) is 36.8 Å². The largest absolute Gasteiger partial charge is 0.338 e. The van der Waals surface area contributed by atoms with Crippen molar-refractivity contribution in [3.8, 4) is 0 Å². The van der Waals surface area contributed by atoms with E-state index < -0.39 is 0 Å². The molecule has 3 amide bonds. The van der Waals surface area contributed by atoms with Crippen molar-refractivity contribution >= 4 is 41.6 Å². The Hall–Kier alpha value is -2.28. The number of hydrogen-bond donors (Lipinski definition) is 2. The summed E-state index contributed by atoms with van der Waals surface area (Å²) in [4.78, 5) is 29.0. The molecule has 2 aliphatic rings. The minimum absolute atomic E-state index is 0. The van der Waals surface area contributed by atoms with Gasteiger partial charge in [-0.05, 0) is 42.3 Å². The summed E-state index contributed by atoms with van der Waals surface area (Å²) < 4.78 is 0. The molecule has 29 heavy (non-hydrogen) atoms. The number of nitrogens with zero attached hydrogens (tertiary/aromatic N) is 2. The number of rotatable bonds is 3. The van der Waals surface area contributed by atoms with E-state index in [1.807, 2.05) is 53.4 Å². The number of hydrogen-bond acceptors (Lipinski definition) is 3. The first-order chi connectivity index (χ1) is 13.6. The van der Waals surface area contributed by atoms with Crippen LogP contribution in [0.4, 0.5) is 10.5 Å². The lowest BCUT2D eigenvalue weighted by molar-refractivity contribution is 0.0634. The Labute approximate surface area is 181 Å². The minimum atomic E-state index is -0.116. The van der Waals surface area contributed by atoms with Crippen LogP contribution in [0.1, 0.15) is 28.4 Å². The topological polar surface area (TPSA) is 64.7 Å². The van der Waals surface area contributed by atoms with Crippen LogP contribution in [-0.2, 0) is 0 Å². The van der Waals surface area contributed by atoms with Gasteiger partial charge in [0.1, 0.15) is 0 Å². The van der Waals surface area contributed by atoms with Gasteiger partial charge in [0.05, 0.1) is 6.04 Å². The molecule has 2 heterocycles. The highest BCUT2D eigenvalue weighted by atomic mass is 35.5. The third kappa shape index (κ3) is 4.66. The van der Waals surface area contributed by atoms with Crippen LogP contribution in [0.15, 0.2) is 48.5 Å². The maximum atomic E-state index is 13.3. The van der Waals surface area contributed by atoms with Gasteiger partial charge in [0.15, 0.2) is 0 Å². The van der Waals surface area contributed by atoms with E-state index in [2.05, 4.69) is 10.6 Å². The van der Waals surface area contributed by atoms with Crippen LogP contribution in [-0.4, -0.2) is 49.6 Å². The van der Waals surface area contributed by atoms with Crippen LogP contribution in [0.25, 0.3) is 0 Å². The number of nitrogens with one attached hydrogen (secondary N) is 2. The van der Waals surface area contributed by atoms with E-state index in [9.17, 15) is 9.59 Å². The Bertz CT molecular complexity index is 892. The molecule has 4 rings (SSSR count). The van der Waals surface area contributed by atoms with Gasteiger partial charge in [0.25, 0.3) is 5.91 Å². The number of halogens is 2. The van der Waals surface area contributed by atoms with E-state index in [1.54, 1.807) is 4.90 Å². The highest BCUT2D eigenvalue weighted by Crippen LogP contribution is 2.27. The van der Waals surface area contributed by atoms with Gasteiger partial charge >= 0.3 is 6.03 Å². The fraction of sp³-hybridized carbons (Fsp3) is 0.333. The Balaban J connectivity index is 0.00000240. The molecule has 2 fully saturated rings. The molecule has 2 aromatic carbocycles. The predicted molar refractivity (Wildman–Crippen MR) is 117 cm³/mol. The van der Waals surface area contributed by atoms with E-state index in [4.69, 9.17) is 11.6 Å². The standard InChI is InChI=1S/C21H23ClN4O2.ClH/c22-17-6-1-4-15(12-17)19-14-23-9-11-26(19)20(27)16-5-2-7-18(13-16)25-10-3-8-24-21(25)28;/h1-2,4-7,12-13,19,23H,3,8-11,14H2,(H,24,28);1H. The smallest absolute Gasteiger partial charge is 0.321 e.